The third-order valence-corrected chi connectivity index (χ3v) is 6.19. The van der Waals surface area contributed by atoms with Crippen LogP contribution in [0.3, 0.4) is 0 Å². The van der Waals surface area contributed by atoms with Gasteiger partial charge in [-0.15, -0.1) is 0 Å². The number of benzene rings is 2. The lowest BCUT2D eigenvalue weighted by atomic mass is 10.2. The SMILES string of the molecule is Cc1cccc(S(=O)(=O)N2CCOc3ccc(OCc4ccccc4)nc32)c1. The molecule has 0 aliphatic carbocycles. The van der Waals surface area contributed by atoms with Crippen LogP contribution in [0.5, 0.6) is 11.6 Å². The average molecular weight is 396 g/mol. The first-order valence-electron chi connectivity index (χ1n) is 8.94. The number of hydrogen-bond donors (Lipinski definition) is 0. The Morgan fingerprint density at radius 2 is 1.89 bits per heavy atom. The van der Waals surface area contributed by atoms with Crippen molar-refractivity contribution in [3.63, 3.8) is 0 Å². The zero-order valence-corrected chi connectivity index (χ0v) is 16.2. The smallest absolute Gasteiger partial charge is 0.265 e. The van der Waals surface area contributed by atoms with E-state index >= 15 is 0 Å². The lowest BCUT2D eigenvalue weighted by Gasteiger charge is -2.29. The van der Waals surface area contributed by atoms with Gasteiger partial charge in [0.25, 0.3) is 10.0 Å². The van der Waals surface area contributed by atoms with E-state index in [1.807, 2.05) is 43.3 Å². The molecule has 0 unspecified atom stereocenters. The number of rotatable bonds is 5. The van der Waals surface area contributed by atoms with E-state index in [9.17, 15) is 8.42 Å². The molecule has 0 fully saturated rings. The first kappa shape index (κ1) is 18.3. The topological polar surface area (TPSA) is 68.7 Å². The molecule has 0 bridgehead atoms. The third-order valence-electron chi connectivity index (χ3n) is 4.41. The van der Waals surface area contributed by atoms with Crippen molar-refractivity contribution in [2.75, 3.05) is 17.5 Å². The van der Waals surface area contributed by atoms with Gasteiger partial charge in [-0.1, -0.05) is 42.5 Å². The van der Waals surface area contributed by atoms with Crippen LogP contribution in [-0.4, -0.2) is 26.6 Å². The minimum absolute atomic E-state index is 0.193. The lowest BCUT2D eigenvalue weighted by molar-refractivity contribution is 0.286. The second-order valence-corrected chi connectivity index (χ2v) is 8.35. The Morgan fingerprint density at radius 1 is 1.07 bits per heavy atom. The molecular formula is C21H20N2O4S. The van der Waals surface area contributed by atoms with Crippen molar-refractivity contribution in [2.45, 2.75) is 18.4 Å². The summed E-state index contributed by atoms with van der Waals surface area (Å²) in [7, 11) is -3.75. The molecule has 28 heavy (non-hydrogen) atoms. The average Bonchev–Trinajstić information content (AvgIpc) is 2.72. The molecule has 0 saturated carbocycles. The molecule has 2 aromatic carbocycles. The molecule has 1 aliphatic rings. The summed E-state index contributed by atoms with van der Waals surface area (Å²) in [6.45, 7) is 2.67. The standard InChI is InChI=1S/C21H20N2O4S/c1-16-6-5-9-18(14-16)28(24,25)23-12-13-26-19-10-11-20(22-21(19)23)27-15-17-7-3-2-4-8-17/h2-11,14H,12-13,15H2,1H3. The van der Waals surface area contributed by atoms with Crippen LogP contribution in [0.15, 0.2) is 71.6 Å². The third kappa shape index (κ3) is 3.66. The Kier molecular flexibility index (Phi) is 4.92. The van der Waals surface area contributed by atoms with E-state index in [-0.39, 0.29) is 23.9 Å². The van der Waals surface area contributed by atoms with Gasteiger partial charge >= 0.3 is 0 Å². The van der Waals surface area contributed by atoms with Crippen molar-refractivity contribution in [3.8, 4) is 11.6 Å². The Balaban J connectivity index is 1.64. The summed E-state index contributed by atoms with van der Waals surface area (Å²) < 4.78 is 39.0. The molecule has 6 nitrogen and oxygen atoms in total. The monoisotopic (exact) mass is 396 g/mol. The van der Waals surface area contributed by atoms with Crippen molar-refractivity contribution in [1.82, 2.24) is 4.98 Å². The van der Waals surface area contributed by atoms with Crippen molar-refractivity contribution in [3.05, 3.63) is 77.9 Å². The summed E-state index contributed by atoms with van der Waals surface area (Å²) in [5.74, 6) is 1.02. The second-order valence-electron chi connectivity index (χ2n) is 6.49. The molecule has 0 amide bonds. The van der Waals surface area contributed by atoms with E-state index in [1.54, 1.807) is 30.3 Å². The number of ether oxygens (including phenoxy) is 2. The largest absolute Gasteiger partial charge is 0.488 e. The van der Waals surface area contributed by atoms with Crippen LogP contribution >= 0.6 is 0 Å². The summed E-state index contributed by atoms with van der Waals surface area (Å²) in [5, 5.41) is 0. The first-order valence-corrected chi connectivity index (χ1v) is 10.4. The molecule has 2 heterocycles. The summed E-state index contributed by atoms with van der Waals surface area (Å²) >= 11 is 0. The summed E-state index contributed by atoms with van der Waals surface area (Å²) in [5.41, 5.74) is 1.88. The zero-order valence-electron chi connectivity index (χ0n) is 15.4. The minimum Gasteiger partial charge on any atom is -0.488 e. The van der Waals surface area contributed by atoms with Crippen LogP contribution in [0, 0.1) is 6.92 Å². The van der Waals surface area contributed by atoms with Gasteiger partial charge in [-0.3, -0.25) is 0 Å². The Morgan fingerprint density at radius 3 is 2.68 bits per heavy atom. The highest BCUT2D eigenvalue weighted by Gasteiger charge is 2.32. The van der Waals surface area contributed by atoms with E-state index in [2.05, 4.69) is 4.98 Å². The van der Waals surface area contributed by atoms with Crippen molar-refractivity contribution in [1.29, 1.82) is 0 Å². The maximum atomic E-state index is 13.2. The first-order chi connectivity index (χ1) is 13.5. The highest BCUT2D eigenvalue weighted by molar-refractivity contribution is 7.92. The highest BCUT2D eigenvalue weighted by Crippen LogP contribution is 2.35. The Bertz CT molecular complexity index is 1080. The Labute approximate surface area is 164 Å². The van der Waals surface area contributed by atoms with E-state index < -0.39 is 10.0 Å². The van der Waals surface area contributed by atoms with Crippen LogP contribution in [0.4, 0.5) is 5.82 Å². The van der Waals surface area contributed by atoms with Crippen molar-refractivity contribution < 1.29 is 17.9 Å². The number of aromatic nitrogens is 1. The Hall–Kier alpha value is -3.06. The summed E-state index contributed by atoms with van der Waals surface area (Å²) in [4.78, 5) is 4.66. The van der Waals surface area contributed by atoms with Gasteiger partial charge in [0, 0.05) is 6.07 Å². The molecule has 1 aromatic heterocycles. The molecular weight excluding hydrogens is 376 g/mol. The number of sulfonamides is 1. The van der Waals surface area contributed by atoms with Gasteiger partial charge in [-0.05, 0) is 36.2 Å². The molecule has 1 aliphatic heterocycles. The fourth-order valence-electron chi connectivity index (χ4n) is 3.00. The highest BCUT2D eigenvalue weighted by atomic mass is 32.2. The summed E-state index contributed by atoms with van der Waals surface area (Å²) in [6.07, 6.45) is 0. The molecule has 0 radical (unpaired) electrons. The predicted molar refractivity (Wildman–Crippen MR) is 106 cm³/mol. The van der Waals surface area contributed by atoms with Crippen LogP contribution < -0.4 is 13.8 Å². The second kappa shape index (κ2) is 7.52. The number of hydrogen-bond acceptors (Lipinski definition) is 5. The molecule has 7 heteroatoms. The molecule has 3 aromatic rings. The number of pyridine rings is 1. The quantitative estimate of drug-likeness (QED) is 0.660. The fourth-order valence-corrected chi connectivity index (χ4v) is 4.52. The summed E-state index contributed by atoms with van der Waals surface area (Å²) in [6, 6.07) is 19.9. The zero-order chi connectivity index (χ0) is 19.6. The van der Waals surface area contributed by atoms with Gasteiger partial charge in [-0.2, -0.15) is 4.98 Å². The van der Waals surface area contributed by atoms with E-state index in [1.165, 1.54) is 4.31 Å². The van der Waals surface area contributed by atoms with Crippen LogP contribution in [-0.2, 0) is 16.6 Å². The number of aryl methyl sites for hydroxylation is 1. The molecule has 0 saturated heterocycles. The van der Waals surface area contributed by atoms with Gasteiger partial charge in [0.05, 0.1) is 11.4 Å². The molecule has 144 valence electrons. The van der Waals surface area contributed by atoms with Gasteiger partial charge in [0.1, 0.15) is 13.2 Å². The van der Waals surface area contributed by atoms with Gasteiger partial charge in [0.15, 0.2) is 11.6 Å². The van der Waals surface area contributed by atoms with Crippen LogP contribution in [0.2, 0.25) is 0 Å². The number of nitrogens with zero attached hydrogens (tertiary/aromatic N) is 2. The van der Waals surface area contributed by atoms with E-state index in [0.717, 1.165) is 11.1 Å². The van der Waals surface area contributed by atoms with Crippen LogP contribution in [0.1, 0.15) is 11.1 Å². The minimum atomic E-state index is -3.75. The van der Waals surface area contributed by atoms with Gasteiger partial charge in [0.2, 0.25) is 5.88 Å². The van der Waals surface area contributed by atoms with Crippen LogP contribution in [0.25, 0.3) is 0 Å². The molecule has 0 atom stereocenters. The molecule has 0 spiro atoms. The molecule has 4 rings (SSSR count). The maximum Gasteiger partial charge on any atom is 0.265 e. The number of anilines is 1. The maximum absolute atomic E-state index is 13.2. The number of fused-ring (bicyclic) bond motifs is 1. The normalized spacial score (nSPS) is 13.5. The van der Waals surface area contributed by atoms with Crippen molar-refractivity contribution in [2.24, 2.45) is 0 Å². The van der Waals surface area contributed by atoms with Crippen molar-refractivity contribution >= 4 is 15.8 Å². The van der Waals surface area contributed by atoms with Gasteiger partial charge in [-0.25, -0.2) is 12.7 Å². The molecule has 0 N–H and O–H groups in total. The lowest BCUT2D eigenvalue weighted by Crippen LogP contribution is -2.38. The predicted octanol–water partition coefficient (Wildman–Crippen LogP) is 3.56. The van der Waals surface area contributed by atoms with Gasteiger partial charge < -0.3 is 9.47 Å². The van der Waals surface area contributed by atoms with E-state index in [4.69, 9.17) is 9.47 Å². The fraction of sp³-hybridized carbons (Fsp3) is 0.190. The van der Waals surface area contributed by atoms with E-state index in [0.29, 0.717) is 18.2 Å².